The highest BCUT2D eigenvalue weighted by Gasteiger charge is 2.42. The third-order valence-corrected chi connectivity index (χ3v) is 2.02. The van der Waals surface area contributed by atoms with Crippen molar-refractivity contribution in [3.63, 3.8) is 0 Å². The highest BCUT2D eigenvalue weighted by Crippen LogP contribution is 2.19. The van der Waals surface area contributed by atoms with Gasteiger partial charge in [-0.05, 0) is 0 Å². The van der Waals surface area contributed by atoms with Gasteiger partial charge in [0, 0.05) is 7.11 Å². The second-order valence-corrected chi connectivity index (χ2v) is 2.99. The molecule has 6 nitrogen and oxygen atoms in total. The largest absolute Gasteiger partial charge is 0.387 e. The van der Waals surface area contributed by atoms with Gasteiger partial charge in [-0.1, -0.05) is 0 Å². The van der Waals surface area contributed by atoms with E-state index in [-0.39, 0.29) is 6.61 Å². The number of aliphatic hydroxyl groups excluding tert-OH is 4. The molecule has 0 bridgehead atoms. The van der Waals surface area contributed by atoms with Crippen LogP contribution in [0.4, 0.5) is 0 Å². The molecule has 0 aromatic heterocycles. The van der Waals surface area contributed by atoms with Crippen molar-refractivity contribution < 1.29 is 29.9 Å². The van der Waals surface area contributed by atoms with E-state index in [1.54, 1.807) is 0 Å². The van der Waals surface area contributed by atoms with Crippen molar-refractivity contribution in [3.8, 4) is 0 Å². The van der Waals surface area contributed by atoms with Gasteiger partial charge in [-0.25, -0.2) is 0 Å². The van der Waals surface area contributed by atoms with Crippen LogP contribution in [0.5, 0.6) is 0 Å². The molecule has 6 heteroatoms. The average Bonchev–Trinajstić information content (AvgIpc) is 2.11. The summed E-state index contributed by atoms with van der Waals surface area (Å²) in [6.07, 6.45) is -6.46. The summed E-state index contributed by atoms with van der Waals surface area (Å²) in [4.78, 5) is 0. The van der Waals surface area contributed by atoms with Gasteiger partial charge in [0.05, 0.1) is 6.61 Å². The zero-order valence-corrected chi connectivity index (χ0v) is 7.20. The molecular weight excluding hydrogens is 180 g/mol. The topological polar surface area (TPSA) is 99.4 Å². The number of rotatable bonds is 2. The molecule has 3 unspecified atom stereocenters. The Hall–Kier alpha value is -0.240. The molecule has 1 saturated heterocycles. The predicted octanol–water partition coefficient (Wildman–Crippen LogP) is -2.57. The van der Waals surface area contributed by atoms with E-state index in [2.05, 4.69) is 0 Å². The Morgan fingerprint density at radius 2 is 1.69 bits per heavy atom. The predicted molar refractivity (Wildman–Crippen MR) is 40.8 cm³/mol. The molecule has 1 rings (SSSR count). The number of methoxy groups -OCH3 is 1. The average molecular weight is 194 g/mol. The Morgan fingerprint density at radius 1 is 1.08 bits per heavy atom. The minimum atomic E-state index is -1.49. The zero-order chi connectivity index (χ0) is 10.0. The van der Waals surface area contributed by atoms with E-state index >= 15 is 0 Å². The van der Waals surface area contributed by atoms with Gasteiger partial charge >= 0.3 is 0 Å². The second-order valence-electron chi connectivity index (χ2n) is 2.99. The van der Waals surface area contributed by atoms with E-state index in [1.165, 1.54) is 7.11 Å². The van der Waals surface area contributed by atoms with Crippen LogP contribution < -0.4 is 0 Å². The quantitative estimate of drug-likeness (QED) is 0.386. The first-order valence-corrected chi connectivity index (χ1v) is 3.94. The fourth-order valence-electron chi connectivity index (χ4n) is 1.23. The molecule has 0 amide bonds. The van der Waals surface area contributed by atoms with Gasteiger partial charge in [-0.15, -0.1) is 0 Å². The normalized spacial score (nSPS) is 46.4. The van der Waals surface area contributed by atoms with Crippen molar-refractivity contribution in [3.05, 3.63) is 0 Å². The van der Waals surface area contributed by atoms with Crippen LogP contribution in [-0.2, 0) is 9.47 Å². The lowest BCUT2D eigenvalue weighted by Crippen LogP contribution is -2.58. The SMILES string of the molecule is COCC1OC(O)[C@@H](O)C(O)[C@@H]1O. The molecule has 1 aliphatic heterocycles. The van der Waals surface area contributed by atoms with E-state index in [1.807, 2.05) is 0 Å². The summed E-state index contributed by atoms with van der Waals surface area (Å²) in [5.74, 6) is 0. The van der Waals surface area contributed by atoms with Crippen LogP contribution in [0.25, 0.3) is 0 Å². The number of hydrogen-bond donors (Lipinski definition) is 4. The smallest absolute Gasteiger partial charge is 0.184 e. The van der Waals surface area contributed by atoms with Crippen LogP contribution in [0.15, 0.2) is 0 Å². The lowest BCUT2D eigenvalue weighted by molar-refractivity contribution is -0.287. The summed E-state index contributed by atoms with van der Waals surface area (Å²) in [6, 6.07) is 0. The van der Waals surface area contributed by atoms with Crippen LogP contribution in [0.1, 0.15) is 0 Å². The highest BCUT2D eigenvalue weighted by atomic mass is 16.6. The lowest BCUT2D eigenvalue weighted by atomic mass is 9.99. The Balaban J connectivity index is 2.59. The molecule has 0 radical (unpaired) electrons. The molecule has 0 spiro atoms. The van der Waals surface area contributed by atoms with Crippen LogP contribution >= 0.6 is 0 Å². The van der Waals surface area contributed by atoms with E-state index in [4.69, 9.17) is 19.7 Å². The van der Waals surface area contributed by atoms with Crippen molar-refractivity contribution in [1.29, 1.82) is 0 Å². The molecule has 4 N–H and O–H groups in total. The summed E-state index contributed by atoms with van der Waals surface area (Å²) in [5, 5.41) is 36.7. The van der Waals surface area contributed by atoms with E-state index in [0.29, 0.717) is 0 Å². The monoisotopic (exact) mass is 194 g/mol. The molecule has 1 heterocycles. The minimum absolute atomic E-state index is 0.0437. The van der Waals surface area contributed by atoms with Crippen molar-refractivity contribution in [2.75, 3.05) is 13.7 Å². The lowest BCUT2D eigenvalue weighted by Gasteiger charge is -2.37. The second kappa shape index (κ2) is 4.32. The Labute approximate surface area is 75.3 Å². The van der Waals surface area contributed by atoms with E-state index in [0.717, 1.165) is 0 Å². The maximum absolute atomic E-state index is 9.33. The van der Waals surface area contributed by atoms with Crippen LogP contribution in [0, 0.1) is 0 Å². The third-order valence-electron chi connectivity index (χ3n) is 2.02. The van der Waals surface area contributed by atoms with Gasteiger partial charge < -0.3 is 29.9 Å². The molecule has 13 heavy (non-hydrogen) atoms. The van der Waals surface area contributed by atoms with Gasteiger partial charge in [-0.2, -0.15) is 0 Å². The fourth-order valence-corrected chi connectivity index (χ4v) is 1.23. The molecular formula is C7H14O6. The van der Waals surface area contributed by atoms with Gasteiger partial charge in [0.25, 0.3) is 0 Å². The van der Waals surface area contributed by atoms with Crippen molar-refractivity contribution >= 4 is 0 Å². The summed E-state index contributed by atoms with van der Waals surface area (Å²) in [6.45, 7) is 0.0437. The molecule has 1 fully saturated rings. The molecule has 78 valence electrons. The highest BCUT2D eigenvalue weighted by molar-refractivity contribution is 4.88. The molecule has 0 aromatic rings. The fraction of sp³-hybridized carbons (Fsp3) is 1.00. The summed E-state index contributed by atoms with van der Waals surface area (Å²) < 4.78 is 9.49. The van der Waals surface area contributed by atoms with Gasteiger partial charge in [0.2, 0.25) is 0 Å². The van der Waals surface area contributed by atoms with E-state index in [9.17, 15) is 10.2 Å². The number of hydrogen-bond acceptors (Lipinski definition) is 6. The first-order valence-electron chi connectivity index (χ1n) is 3.94. The summed E-state index contributed by atoms with van der Waals surface area (Å²) in [7, 11) is 1.40. The van der Waals surface area contributed by atoms with Gasteiger partial charge in [-0.3, -0.25) is 0 Å². The Kier molecular flexibility index (Phi) is 3.60. The third kappa shape index (κ3) is 2.16. The van der Waals surface area contributed by atoms with Crippen LogP contribution in [0.3, 0.4) is 0 Å². The molecule has 0 saturated carbocycles. The Morgan fingerprint density at radius 3 is 2.23 bits per heavy atom. The van der Waals surface area contributed by atoms with Gasteiger partial charge in [0.15, 0.2) is 6.29 Å². The standard InChI is InChI=1S/C7H14O6/c1-12-2-3-4(8)5(9)6(10)7(11)13-3/h3-11H,2H2,1H3/t3?,4-,5?,6+,7?/m1/s1. The maximum atomic E-state index is 9.33. The molecule has 0 aliphatic carbocycles. The van der Waals surface area contributed by atoms with Crippen molar-refractivity contribution in [2.45, 2.75) is 30.7 Å². The van der Waals surface area contributed by atoms with E-state index < -0.39 is 30.7 Å². The first kappa shape index (κ1) is 10.8. The van der Waals surface area contributed by atoms with Crippen molar-refractivity contribution in [2.24, 2.45) is 0 Å². The molecule has 1 aliphatic rings. The molecule has 0 aromatic carbocycles. The summed E-state index contributed by atoms with van der Waals surface area (Å²) in [5.41, 5.74) is 0. The Bertz CT molecular complexity index is 163. The van der Waals surface area contributed by atoms with Crippen LogP contribution in [-0.4, -0.2) is 64.8 Å². The first-order chi connectivity index (χ1) is 6.07. The van der Waals surface area contributed by atoms with Crippen molar-refractivity contribution in [1.82, 2.24) is 0 Å². The number of aliphatic hydroxyl groups is 4. The summed E-state index contributed by atoms with van der Waals surface area (Å²) >= 11 is 0. The number of ether oxygens (including phenoxy) is 2. The zero-order valence-electron chi connectivity index (χ0n) is 7.20. The van der Waals surface area contributed by atoms with Gasteiger partial charge in [0.1, 0.15) is 24.4 Å². The molecule has 5 atom stereocenters. The maximum Gasteiger partial charge on any atom is 0.184 e. The minimum Gasteiger partial charge on any atom is -0.387 e. The van der Waals surface area contributed by atoms with Crippen LogP contribution in [0.2, 0.25) is 0 Å².